The van der Waals surface area contributed by atoms with Gasteiger partial charge >= 0.3 is 0 Å². The molecule has 0 aliphatic carbocycles. The summed E-state index contributed by atoms with van der Waals surface area (Å²) >= 11 is 0. The zero-order chi connectivity index (χ0) is 13.1. The molecule has 1 heterocycles. The van der Waals surface area contributed by atoms with Crippen LogP contribution in [-0.2, 0) is 0 Å². The van der Waals surface area contributed by atoms with Crippen molar-refractivity contribution in [3.05, 3.63) is 34.9 Å². The molecule has 2 atom stereocenters. The summed E-state index contributed by atoms with van der Waals surface area (Å²) in [7, 11) is 0. The van der Waals surface area contributed by atoms with Crippen LogP contribution in [0.25, 0.3) is 0 Å². The molecule has 1 aliphatic rings. The molecule has 1 saturated heterocycles. The lowest BCUT2D eigenvalue weighted by atomic mass is 9.90. The topological polar surface area (TPSA) is 29.3 Å². The third-order valence-electron chi connectivity index (χ3n) is 4.18. The molecule has 18 heavy (non-hydrogen) atoms. The van der Waals surface area contributed by atoms with Crippen LogP contribution in [0.3, 0.4) is 0 Å². The molecule has 0 spiro atoms. The Morgan fingerprint density at radius 2 is 2.11 bits per heavy atom. The molecular weight excluding hydrogens is 220 g/mol. The van der Waals surface area contributed by atoms with E-state index in [0.717, 1.165) is 6.54 Å². The third kappa shape index (κ3) is 2.60. The fraction of sp³-hybridized carbons (Fsp3) is 0.625. The molecule has 1 aliphatic heterocycles. The van der Waals surface area contributed by atoms with Crippen molar-refractivity contribution < 1.29 is 0 Å². The molecule has 2 rings (SSSR count). The Labute approximate surface area is 111 Å². The average molecular weight is 246 g/mol. The summed E-state index contributed by atoms with van der Waals surface area (Å²) in [5.74, 6) is 0.623. The molecule has 0 aromatic heterocycles. The molecule has 2 N–H and O–H groups in total. The second kappa shape index (κ2) is 5.85. The smallest absolute Gasteiger partial charge is 0.0391 e. The summed E-state index contributed by atoms with van der Waals surface area (Å²) in [6.45, 7) is 9.85. The number of hydrogen-bond acceptors (Lipinski definition) is 2. The van der Waals surface area contributed by atoms with Gasteiger partial charge in [-0.05, 0) is 63.4 Å². The number of benzene rings is 1. The molecule has 2 unspecified atom stereocenters. The quantitative estimate of drug-likeness (QED) is 0.885. The molecule has 2 heteroatoms. The summed E-state index contributed by atoms with van der Waals surface area (Å²) in [5, 5.41) is 0. The zero-order valence-electron chi connectivity index (χ0n) is 11.9. The Morgan fingerprint density at radius 1 is 1.33 bits per heavy atom. The highest BCUT2D eigenvalue weighted by Gasteiger charge is 2.34. The number of nitrogens with two attached hydrogens (primary N) is 1. The summed E-state index contributed by atoms with van der Waals surface area (Å²) in [4.78, 5) is 2.62. The Hall–Kier alpha value is -0.860. The molecule has 1 aromatic carbocycles. The van der Waals surface area contributed by atoms with Gasteiger partial charge in [0.1, 0.15) is 0 Å². The lowest BCUT2D eigenvalue weighted by Crippen LogP contribution is -2.29. The number of nitrogens with zero attached hydrogens (tertiary/aromatic N) is 1. The van der Waals surface area contributed by atoms with E-state index >= 15 is 0 Å². The van der Waals surface area contributed by atoms with Crippen LogP contribution in [0, 0.1) is 19.8 Å². The van der Waals surface area contributed by atoms with E-state index in [-0.39, 0.29) is 0 Å². The van der Waals surface area contributed by atoms with Gasteiger partial charge in [-0.3, -0.25) is 4.90 Å². The highest BCUT2D eigenvalue weighted by Crippen LogP contribution is 2.38. The minimum Gasteiger partial charge on any atom is -0.330 e. The van der Waals surface area contributed by atoms with Gasteiger partial charge in [0.25, 0.3) is 0 Å². The van der Waals surface area contributed by atoms with Gasteiger partial charge in [0.15, 0.2) is 0 Å². The van der Waals surface area contributed by atoms with Crippen LogP contribution in [0.4, 0.5) is 0 Å². The normalized spacial score (nSPS) is 24.7. The van der Waals surface area contributed by atoms with Crippen molar-refractivity contribution in [2.24, 2.45) is 11.7 Å². The molecule has 0 saturated carbocycles. The van der Waals surface area contributed by atoms with E-state index in [1.54, 1.807) is 0 Å². The van der Waals surface area contributed by atoms with E-state index in [9.17, 15) is 0 Å². The van der Waals surface area contributed by atoms with Gasteiger partial charge in [-0.1, -0.05) is 30.7 Å². The second-order valence-corrected chi connectivity index (χ2v) is 5.63. The molecular formula is C16H26N2. The Morgan fingerprint density at radius 3 is 2.72 bits per heavy atom. The van der Waals surface area contributed by atoms with Crippen LogP contribution in [0.2, 0.25) is 0 Å². The van der Waals surface area contributed by atoms with Crippen molar-refractivity contribution >= 4 is 0 Å². The third-order valence-corrected chi connectivity index (χ3v) is 4.18. The van der Waals surface area contributed by atoms with Gasteiger partial charge in [0.2, 0.25) is 0 Å². The largest absolute Gasteiger partial charge is 0.330 e. The fourth-order valence-electron chi connectivity index (χ4n) is 3.32. The van der Waals surface area contributed by atoms with Crippen LogP contribution in [-0.4, -0.2) is 24.5 Å². The lowest BCUT2D eigenvalue weighted by molar-refractivity contribution is 0.230. The van der Waals surface area contributed by atoms with E-state index in [4.69, 9.17) is 5.73 Å². The second-order valence-electron chi connectivity index (χ2n) is 5.63. The van der Waals surface area contributed by atoms with Gasteiger partial charge in [-0.15, -0.1) is 0 Å². The summed E-state index contributed by atoms with van der Waals surface area (Å²) in [6, 6.07) is 7.38. The van der Waals surface area contributed by atoms with Crippen LogP contribution >= 0.6 is 0 Å². The number of aryl methyl sites for hydroxylation is 2. The van der Waals surface area contributed by atoms with Crippen molar-refractivity contribution in [3.63, 3.8) is 0 Å². The fourth-order valence-corrected chi connectivity index (χ4v) is 3.32. The first-order valence-corrected chi connectivity index (χ1v) is 7.18. The molecule has 0 amide bonds. The first-order chi connectivity index (χ1) is 8.67. The van der Waals surface area contributed by atoms with Gasteiger partial charge < -0.3 is 5.73 Å². The van der Waals surface area contributed by atoms with Crippen molar-refractivity contribution in [1.82, 2.24) is 4.90 Å². The monoisotopic (exact) mass is 246 g/mol. The standard InChI is InChI=1S/C16H26N2/c1-4-8-18-9-7-14(11-17)16(18)15-6-5-12(2)10-13(15)3/h5-6,10,14,16H,4,7-9,11,17H2,1-3H3. The van der Waals surface area contributed by atoms with E-state index in [0.29, 0.717) is 12.0 Å². The molecule has 0 radical (unpaired) electrons. The molecule has 1 fully saturated rings. The van der Waals surface area contributed by atoms with Gasteiger partial charge in [0.05, 0.1) is 0 Å². The minimum atomic E-state index is 0.538. The van der Waals surface area contributed by atoms with Crippen molar-refractivity contribution in [2.75, 3.05) is 19.6 Å². The summed E-state index contributed by atoms with van der Waals surface area (Å²) < 4.78 is 0. The van der Waals surface area contributed by atoms with E-state index < -0.39 is 0 Å². The van der Waals surface area contributed by atoms with Crippen molar-refractivity contribution in [1.29, 1.82) is 0 Å². The molecule has 0 bridgehead atoms. The Balaban J connectivity index is 2.31. The maximum absolute atomic E-state index is 5.97. The van der Waals surface area contributed by atoms with Crippen LogP contribution in [0.5, 0.6) is 0 Å². The van der Waals surface area contributed by atoms with Gasteiger partial charge in [-0.25, -0.2) is 0 Å². The Kier molecular flexibility index (Phi) is 4.41. The average Bonchev–Trinajstić information content (AvgIpc) is 2.73. The van der Waals surface area contributed by atoms with E-state index in [1.807, 2.05) is 0 Å². The lowest BCUT2D eigenvalue weighted by Gasteiger charge is -2.29. The first-order valence-electron chi connectivity index (χ1n) is 7.18. The first kappa shape index (κ1) is 13.6. The molecule has 1 aromatic rings. The highest BCUT2D eigenvalue weighted by molar-refractivity contribution is 5.34. The maximum Gasteiger partial charge on any atom is 0.0391 e. The van der Waals surface area contributed by atoms with E-state index in [2.05, 4.69) is 43.9 Å². The number of likely N-dealkylation sites (tertiary alicyclic amines) is 1. The van der Waals surface area contributed by atoms with Crippen LogP contribution in [0.15, 0.2) is 18.2 Å². The maximum atomic E-state index is 5.97. The van der Waals surface area contributed by atoms with Crippen LogP contribution < -0.4 is 5.73 Å². The van der Waals surface area contributed by atoms with Gasteiger partial charge in [-0.2, -0.15) is 0 Å². The summed E-state index contributed by atoms with van der Waals surface area (Å²) in [5.41, 5.74) is 10.2. The Bertz CT molecular complexity index is 400. The predicted molar refractivity (Wildman–Crippen MR) is 77.7 cm³/mol. The molecule has 100 valence electrons. The SMILES string of the molecule is CCCN1CCC(CN)C1c1ccc(C)cc1C. The minimum absolute atomic E-state index is 0.538. The number of hydrogen-bond donors (Lipinski definition) is 1. The van der Waals surface area contributed by atoms with Crippen LogP contribution in [0.1, 0.15) is 42.5 Å². The predicted octanol–water partition coefficient (Wildman–Crippen LogP) is 3.04. The highest BCUT2D eigenvalue weighted by atomic mass is 15.2. The van der Waals surface area contributed by atoms with Crippen molar-refractivity contribution in [2.45, 2.75) is 39.7 Å². The van der Waals surface area contributed by atoms with Gasteiger partial charge in [0, 0.05) is 6.04 Å². The van der Waals surface area contributed by atoms with E-state index in [1.165, 1.54) is 42.6 Å². The van der Waals surface area contributed by atoms with Crippen molar-refractivity contribution in [3.8, 4) is 0 Å². The summed E-state index contributed by atoms with van der Waals surface area (Å²) in [6.07, 6.45) is 2.47. The molecule has 2 nitrogen and oxygen atoms in total. The number of rotatable bonds is 4. The zero-order valence-corrected chi connectivity index (χ0v) is 11.9.